The Kier molecular flexibility index (Phi) is 3.02. The van der Waals surface area contributed by atoms with Crippen molar-refractivity contribution in [1.82, 2.24) is 0 Å². The van der Waals surface area contributed by atoms with Crippen LogP contribution in [0.4, 0.5) is 0 Å². The van der Waals surface area contributed by atoms with Crippen LogP contribution in [-0.2, 0) is 6.42 Å². The lowest BCUT2D eigenvalue weighted by Gasteiger charge is -2.07. The van der Waals surface area contributed by atoms with Gasteiger partial charge in [0.2, 0.25) is 0 Å². The first-order chi connectivity index (χ1) is 7.36. The van der Waals surface area contributed by atoms with Crippen molar-refractivity contribution in [2.45, 2.75) is 12.5 Å². The Hall–Kier alpha value is -1.34. The highest BCUT2D eigenvalue weighted by Gasteiger charge is 2.02. The monoisotopic (exact) mass is 209 g/mol. The van der Waals surface area contributed by atoms with Crippen molar-refractivity contribution in [2.75, 3.05) is 0 Å². The molecule has 1 heteroatoms. The average molecular weight is 209 g/mol. The molecule has 0 nitrogen and oxygen atoms in total. The van der Waals surface area contributed by atoms with Crippen LogP contribution < -0.4 is 0 Å². The third kappa shape index (κ3) is 1.88. The van der Waals surface area contributed by atoms with Crippen molar-refractivity contribution in [3.63, 3.8) is 0 Å². The SMILES string of the molecule is C=Cc1ccc(CC[Si])c2ccccc12. The van der Waals surface area contributed by atoms with Crippen LogP contribution in [0.15, 0.2) is 43.0 Å². The lowest BCUT2D eigenvalue weighted by Crippen LogP contribution is -1.88. The molecule has 0 N–H and O–H groups in total. The van der Waals surface area contributed by atoms with Crippen molar-refractivity contribution in [1.29, 1.82) is 0 Å². The fourth-order valence-corrected chi connectivity index (χ4v) is 2.18. The highest BCUT2D eigenvalue weighted by atomic mass is 28.1. The molecule has 0 spiro atoms. The van der Waals surface area contributed by atoms with Crippen molar-refractivity contribution in [3.8, 4) is 0 Å². The van der Waals surface area contributed by atoms with Gasteiger partial charge in [-0.05, 0) is 28.3 Å². The van der Waals surface area contributed by atoms with E-state index in [2.05, 4.69) is 53.2 Å². The van der Waals surface area contributed by atoms with Gasteiger partial charge in [0.1, 0.15) is 0 Å². The first-order valence-electron chi connectivity index (χ1n) is 5.14. The van der Waals surface area contributed by atoms with Gasteiger partial charge in [0.25, 0.3) is 0 Å². The minimum atomic E-state index is 0.997. The fraction of sp³-hybridized carbons (Fsp3) is 0.143. The number of rotatable bonds is 3. The fourth-order valence-electron chi connectivity index (χ4n) is 1.92. The van der Waals surface area contributed by atoms with Crippen molar-refractivity contribution >= 4 is 27.1 Å². The standard InChI is InChI=1S/C14H13Si/c1-2-11-7-8-12(9-10-15)14-6-4-3-5-13(11)14/h2-8H,1,9-10H2. The summed E-state index contributed by atoms with van der Waals surface area (Å²) in [5.74, 6) is 0. The molecule has 0 heterocycles. The molecule has 0 aromatic heterocycles. The molecule has 0 aliphatic rings. The third-order valence-electron chi connectivity index (χ3n) is 2.66. The molecule has 0 aliphatic carbocycles. The van der Waals surface area contributed by atoms with Crippen LogP contribution >= 0.6 is 0 Å². The van der Waals surface area contributed by atoms with Crippen LogP contribution in [0.25, 0.3) is 16.8 Å². The first-order valence-corrected chi connectivity index (χ1v) is 5.85. The van der Waals surface area contributed by atoms with Gasteiger partial charge in [-0.25, -0.2) is 0 Å². The summed E-state index contributed by atoms with van der Waals surface area (Å²) in [4.78, 5) is 0. The predicted octanol–water partition coefficient (Wildman–Crippen LogP) is 3.61. The molecule has 0 aliphatic heterocycles. The van der Waals surface area contributed by atoms with E-state index in [0.29, 0.717) is 0 Å². The number of hydrogen-bond acceptors (Lipinski definition) is 0. The normalized spacial score (nSPS) is 10.5. The van der Waals surface area contributed by atoms with Crippen LogP contribution in [0.1, 0.15) is 11.1 Å². The quantitative estimate of drug-likeness (QED) is 0.677. The minimum Gasteiger partial charge on any atom is -0.0984 e. The van der Waals surface area contributed by atoms with E-state index in [1.807, 2.05) is 6.08 Å². The maximum atomic E-state index is 3.85. The number of aryl methyl sites for hydroxylation is 1. The van der Waals surface area contributed by atoms with E-state index in [1.165, 1.54) is 21.9 Å². The second-order valence-corrected chi connectivity index (χ2v) is 4.06. The molecular formula is C14H13Si. The second-order valence-electron chi connectivity index (χ2n) is 3.56. The Labute approximate surface area is 94.1 Å². The van der Waals surface area contributed by atoms with Crippen molar-refractivity contribution in [2.24, 2.45) is 0 Å². The molecular weight excluding hydrogens is 196 g/mol. The number of benzene rings is 2. The number of fused-ring (bicyclic) bond motifs is 1. The smallest absolute Gasteiger partial charge is 0.0225 e. The summed E-state index contributed by atoms with van der Waals surface area (Å²) in [6.07, 6.45) is 2.98. The van der Waals surface area contributed by atoms with Crippen LogP contribution in [0.2, 0.25) is 6.04 Å². The molecule has 0 amide bonds. The van der Waals surface area contributed by atoms with E-state index < -0.39 is 0 Å². The van der Waals surface area contributed by atoms with Crippen LogP contribution in [0.5, 0.6) is 0 Å². The van der Waals surface area contributed by atoms with E-state index in [0.717, 1.165) is 12.5 Å². The summed E-state index contributed by atoms with van der Waals surface area (Å²) < 4.78 is 0. The second kappa shape index (κ2) is 4.45. The molecule has 0 unspecified atom stereocenters. The molecule has 0 bridgehead atoms. The molecule has 2 rings (SSSR count). The summed E-state index contributed by atoms with van der Waals surface area (Å²) in [5.41, 5.74) is 2.61. The number of hydrogen-bond donors (Lipinski definition) is 0. The van der Waals surface area contributed by atoms with Crippen molar-refractivity contribution in [3.05, 3.63) is 54.1 Å². The zero-order valence-electron chi connectivity index (χ0n) is 8.66. The van der Waals surface area contributed by atoms with Gasteiger partial charge in [-0.3, -0.25) is 0 Å². The van der Waals surface area contributed by atoms with Gasteiger partial charge in [0, 0.05) is 10.2 Å². The molecule has 0 saturated carbocycles. The largest absolute Gasteiger partial charge is 0.0984 e. The molecule has 15 heavy (non-hydrogen) atoms. The summed E-state index contributed by atoms with van der Waals surface area (Å²) in [6.45, 7) is 3.85. The summed E-state index contributed by atoms with van der Waals surface area (Å²) in [5, 5.41) is 2.64. The van der Waals surface area contributed by atoms with E-state index in [1.54, 1.807) is 0 Å². The minimum absolute atomic E-state index is 0.997. The summed E-state index contributed by atoms with van der Waals surface area (Å²) in [6, 6.07) is 13.8. The van der Waals surface area contributed by atoms with Gasteiger partial charge in [-0.1, -0.05) is 55.1 Å². The predicted molar refractivity (Wildman–Crippen MR) is 68.3 cm³/mol. The highest BCUT2D eigenvalue weighted by Crippen LogP contribution is 2.24. The Balaban J connectivity index is 2.71. The molecule has 73 valence electrons. The maximum absolute atomic E-state index is 3.85. The Morgan fingerprint density at radius 3 is 2.47 bits per heavy atom. The topological polar surface area (TPSA) is 0 Å². The summed E-state index contributed by atoms with van der Waals surface area (Å²) in [7, 11) is 3.53. The molecule has 0 saturated heterocycles. The van der Waals surface area contributed by atoms with Gasteiger partial charge in [-0.15, -0.1) is 0 Å². The molecule has 2 aromatic carbocycles. The molecule has 2 aromatic rings. The summed E-state index contributed by atoms with van der Waals surface area (Å²) >= 11 is 0. The van der Waals surface area contributed by atoms with Gasteiger partial charge in [-0.2, -0.15) is 0 Å². The zero-order chi connectivity index (χ0) is 10.7. The third-order valence-corrected chi connectivity index (χ3v) is 2.91. The maximum Gasteiger partial charge on any atom is 0.0225 e. The van der Waals surface area contributed by atoms with Crippen LogP contribution in [-0.4, -0.2) is 10.2 Å². The Morgan fingerprint density at radius 1 is 1.07 bits per heavy atom. The van der Waals surface area contributed by atoms with Crippen molar-refractivity contribution < 1.29 is 0 Å². The van der Waals surface area contributed by atoms with Crippen LogP contribution in [0.3, 0.4) is 0 Å². The lowest BCUT2D eigenvalue weighted by atomic mass is 9.98. The van der Waals surface area contributed by atoms with Crippen LogP contribution in [0, 0.1) is 0 Å². The van der Waals surface area contributed by atoms with Gasteiger partial charge in [0.15, 0.2) is 0 Å². The average Bonchev–Trinajstić information content (AvgIpc) is 2.30. The van der Waals surface area contributed by atoms with Gasteiger partial charge < -0.3 is 0 Å². The molecule has 0 atom stereocenters. The van der Waals surface area contributed by atoms with E-state index in [4.69, 9.17) is 0 Å². The van der Waals surface area contributed by atoms with Gasteiger partial charge >= 0.3 is 0 Å². The van der Waals surface area contributed by atoms with E-state index in [9.17, 15) is 0 Å². The Bertz CT molecular complexity index is 486. The molecule has 3 radical (unpaired) electrons. The first kappa shape index (κ1) is 10.2. The lowest BCUT2D eigenvalue weighted by molar-refractivity contribution is 1.15. The van der Waals surface area contributed by atoms with E-state index >= 15 is 0 Å². The highest BCUT2D eigenvalue weighted by molar-refractivity contribution is 6.08. The van der Waals surface area contributed by atoms with E-state index in [-0.39, 0.29) is 0 Å². The van der Waals surface area contributed by atoms with Gasteiger partial charge in [0.05, 0.1) is 0 Å². The zero-order valence-corrected chi connectivity index (χ0v) is 9.66. The molecule has 0 fully saturated rings. The Morgan fingerprint density at radius 2 is 1.80 bits per heavy atom.